The van der Waals surface area contributed by atoms with Gasteiger partial charge in [0.15, 0.2) is 17.3 Å². The smallest absolute Gasteiger partial charge is 0.341 e. The van der Waals surface area contributed by atoms with Gasteiger partial charge in [0.05, 0.1) is 19.8 Å². The minimum absolute atomic E-state index is 0.129. The summed E-state index contributed by atoms with van der Waals surface area (Å²) in [7, 11) is 3.09. The van der Waals surface area contributed by atoms with E-state index in [0.29, 0.717) is 23.0 Å². The molecule has 3 rings (SSSR count). The molecule has 2 aromatic carbocycles. The van der Waals surface area contributed by atoms with Gasteiger partial charge in [-0.15, -0.1) is 0 Å². The Balaban J connectivity index is 1.70. The van der Waals surface area contributed by atoms with Gasteiger partial charge in [-0.25, -0.2) is 9.18 Å². The number of rotatable bonds is 6. The van der Waals surface area contributed by atoms with Gasteiger partial charge < -0.3 is 18.7 Å². The molecule has 1 aromatic heterocycles. The number of nitrogens with zero attached hydrogens (tertiary/aromatic N) is 1. The lowest BCUT2D eigenvalue weighted by molar-refractivity contribution is 0.0459. The van der Waals surface area contributed by atoms with Crippen molar-refractivity contribution in [2.45, 2.75) is 6.61 Å². The average molecular weight is 357 g/mol. The fourth-order valence-electron chi connectivity index (χ4n) is 2.35. The van der Waals surface area contributed by atoms with Crippen LogP contribution in [0.3, 0.4) is 0 Å². The van der Waals surface area contributed by atoms with E-state index in [-0.39, 0.29) is 12.2 Å². The van der Waals surface area contributed by atoms with Crippen molar-refractivity contribution < 1.29 is 27.9 Å². The Morgan fingerprint density at radius 2 is 1.85 bits per heavy atom. The zero-order chi connectivity index (χ0) is 18.5. The summed E-state index contributed by atoms with van der Waals surface area (Å²) in [5.41, 5.74) is 0.998. The van der Waals surface area contributed by atoms with Gasteiger partial charge in [-0.2, -0.15) is 0 Å². The van der Waals surface area contributed by atoms with Crippen molar-refractivity contribution in [3.05, 3.63) is 65.6 Å². The van der Waals surface area contributed by atoms with E-state index in [0.717, 1.165) is 5.56 Å². The summed E-state index contributed by atoms with van der Waals surface area (Å²) in [5.74, 6) is 0.217. The lowest BCUT2D eigenvalue weighted by Gasteiger charge is -2.07. The summed E-state index contributed by atoms with van der Waals surface area (Å²) in [4.78, 5) is 11.9. The number of hydrogen-bond acceptors (Lipinski definition) is 6. The van der Waals surface area contributed by atoms with Crippen LogP contribution in [0.2, 0.25) is 0 Å². The summed E-state index contributed by atoms with van der Waals surface area (Å²) in [6.07, 6.45) is 0. The molecule has 7 heteroatoms. The van der Waals surface area contributed by atoms with Crippen LogP contribution in [0.25, 0.3) is 11.3 Å². The molecule has 0 unspecified atom stereocenters. The lowest BCUT2D eigenvalue weighted by Crippen LogP contribution is -2.07. The molecule has 0 saturated carbocycles. The highest BCUT2D eigenvalue weighted by Gasteiger charge is 2.15. The molecule has 0 spiro atoms. The van der Waals surface area contributed by atoms with E-state index in [1.807, 2.05) is 0 Å². The Hall–Kier alpha value is -3.35. The predicted molar refractivity (Wildman–Crippen MR) is 90.6 cm³/mol. The Morgan fingerprint density at radius 3 is 2.58 bits per heavy atom. The molecule has 0 aliphatic carbocycles. The van der Waals surface area contributed by atoms with Crippen molar-refractivity contribution in [2.75, 3.05) is 14.2 Å². The van der Waals surface area contributed by atoms with Gasteiger partial charge in [-0.05, 0) is 30.3 Å². The predicted octanol–water partition coefficient (Wildman–Crippen LogP) is 3.85. The average Bonchev–Trinajstić information content (AvgIpc) is 3.15. The number of hydrogen-bond donors (Lipinski definition) is 0. The molecule has 3 aromatic rings. The van der Waals surface area contributed by atoms with Crippen LogP contribution in [0.15, 0.2) is 53.1 Å². The zero-order valence-electron chi connectivity index (χ0n) is 14.2. The normalized spacial score (nSPS) is 10.4. The topological polar surface area (TPSA) is 70.8 Å². The second kappa shape index (κ2) is 7.69. The van der Waals surface area contributed by atoms with Crippen LogP contribution in [0.4, 0.5) is 4.39 Å². The highest BCUT2D eigenvalue weighted by atomic mass is 19.1. The number of aromatic nitrogens is 1. The Labute approximate surface area is 149 Å². The van der Waals surface area contributed by atoms with Crippen molar-refractivity contribution in [1.29, 1.82) is 0 Å². The molecule has 0 aliphatic rings. The molecular formula is C19H16FNO5. The lowest BCUT2D eigenvalue weighted by atomic mass is 10.1. The van der Waals surface area contributed by atoms with E-state index in [1.54, 1.807) is 37.4 Å². The van der Waals surface area contributed by atoms with Gasteiger partial charge in [0.2, 0.25) is 0 Å². The SMILES string of the molecule is COc1ccc(-c2cc(COC(=O)c3ccccc3F)no2)cc1OC. The van der Waals surface area contributed by atoms with Crippen LogP contribution < -0.4 is 9.47 Å². The van der Waals surface area contributed by atoms with Crippen molar-refractivity contribution in [1.82, 2.24) is 5.16 Å². The Bertz CT molecular complexity index is 922. The van der Waals surface area contributed by atoms with E-state index < -0.39 is 11.8 Å². The first-order valence-electron chi connectivity index (χ1n) is 7.72. The van der Waals surface area contributed by atoms with Gasteiger partial charge in [-0.1, -0.05) is 17.3 Å². The molecule has 0 bridgehead atoms. The third-order valence-electron chi connectivity index (χ3n) is 3.67. The first kappa shape index (κ1) is 17.5. The molecule has 26 heavy (non-hydrogen) atoms. The molecule has 0 aliphatic heterocycles. The van der Waals surface area contributed by atoms with Crippen LogP contribution in [0.1, 0.15) is 16.1 Å². The zero-order valence-corrected chi connectivity index (χ0v) is 14.2. The molecule has 6 nitrogen and oxygen atoms in total. The highest BCUT2D eigenvalue weighted by molar-refractivity contribution is 5.89. The van der Waals surface area contributed by atoms with E-state index in [9.17, 15) is 9.18 Å². The molecule has 134 valence electrons. The van der Waals surface area contributed by atoms with Gasteiger partial charge in [0.1, 0.15) is 18.1 Å². The van der Waals surface area contributed by atoms with E-state index >= 15 is 0 Å². The molecule has 0 radical (unpaired) electrons. The number of benzene rings is 2. The molecule has 0 amide bonds. The Morgan fingerprint density at radius 1 is 1.08 bits per heavy atom. The standard InChI is InChI=1S/C19H16FNO5/c1-23-16-8-7-12(9-18(16)24-2)17-10-13(21-26-17)11-25-19(22)14-5-3-4-6-15(14)20/h3-10H,11H2,1-2H3. The summed E-state index contributed by atoms with van der Waals surface area (Å²) in [5, 5.41) is 3.86. The summed E-state index contributed by atoms with van der Waals surface area (Å²) < 4.78 is 34.4. The van der Waals surface area contributed by atoms with Crippen molar-refractivity contribution in [2.24, 2.45) is 0 Å². The van der Waals surface area contributed by atoms with E-state index in [1.165, 1.54) is 25.3 Å². The van der Waals surface area contributed by atoms with Crippen molar-refractivity contribution in [3.8, 4) is 22.8 Å². The maximum atomic E-state index is 13.6. The van der Waals surface area contributed by atoms with Gasteiger partial charge >= 0.3 is 5.97 Å². The second-order valence-corrected chi connectivity index (χ2v) is 5.31. The summed E-state index contributed by atoms with van der Waals surface area (Å²) in [6, 6.07) is 12.5. The fraction of sp³-hybridized carbons (Fsp3) is 0.158. The fourth-order valence-corrected chi connectivity index (χ4v) is 2.35. The highest BCUT2D eigenvalue weighted by Crippen LogP contribution is 2.32. The van der Waals surface area contributed by atoms with E-state index in [2.05, 4.69) is 5.16 Å². The molecule has 0 atom stereocenters. The Kier molecular flexibility index (Phi) is 5.17. The monoisotopic (exact) mass is 357 g/mol. The molecule has 1 heterocycles. The minimum atomic E-state index is -0.765. The first-order valence-corrected chi connectivity index (χ1v) is 7.72. The van der Waals surface area contributed by atoms with Crippen LogP contribution in [-0.2, 0) is 11.3 Å². The second-order valence-electron chi connectivity index (χ2n) is 5.31. The maximum Gasteiger partial charge on any atom is 0.341 e. The number of esters is 1. The van der Waals surface area contributed by atoms with Crippen molar-refractivity contribution >= 4 is 5.97 Å². The number of methoxy groups -OCH3 is 2. The van der Waals surface area contributed by atoms with Crippen molar-refractivity contribution in [3.63, 3.8) is 0 Å². The molecule has 0 N–H and O–H groups in total. The van der Waals surface area contributed by atoms with E-state index in [4.69, 9.17) is 18.7 Å². The number of carbonyl (C=O) groups is 1. The molecule has 0 fully saturated rings. The van der Waals surface area contributed by atoms with Crippen LogP contribution in [-0.4, -0.2) is 25.3 Å². The number of ether oxygens (including phenoxy) is 3. The van der Waals surface area contributed by atoms with Crippen LogP contribution >= 0.6 is 0 Å². The van der Waals surface area contributed by atoms with Gasteiger partial charge in [0, 0.05) is 11.6 Å². The summed E-state index contributed by atoms with van der Waals surface area (Å²) in [6.45, 7) is -0.135. The third-order valence-corrected chi connectivity index (χ3v) is 3.67. The minimum Gasteiger partial charge on any atom is -0.493 e. The van der Waals surface area contributed by atoms with Gasteiger partial charge in [0.25, 0.3) is 0 Å². The number of carbonyl (C=O) groups excluding carboxylic acids is 1. The third kappa shape index (κ3) is 3.66. The molecule has 0 saturated heterocycles. The summed E-state index contributed by atoms with van der Waals surface area (Å²) >= 11 is 0. The van der Waals surface area contributed by atoms with Crippen LogP contribution in [0, 0.1) is 5.82 Å². The maximum absolute atomic E-state index is 13.6. The quantitative estimate of drug-likeness (QED) is 0.624. The largest absolute Gasteiger partial charge is 0.493 e. The van der Waals surface area contributed by atoms with Gasteiger partial charge in [-0.3, -0.25) is 0 Å². The molecular weight excluding hydrogens is 341 g/mol. The number of halogens is 1. The first-order chi connectivity index (χ1) is 12.6. The van der Waals surface area contributed by atoms with Crippen LogP contribution in [0.5, 0.6) is 11.5 Å².